The van der Waals surface area contributed by atoms with Gasteiger partial charge in [0.15, 0.2) is 0 Å². The molecule has 6 heteroatoms. The van der Waals surface area contributed by atoms with Gasteiger partial charge >= 0.3 is 0 Å². The van der Waals surface area contributed by atoms with Gasteiger partial charge in [0, 0.05) is 34.1 Å². The van der Waals surface area contributed by atoms with Crippen molar-refractivity contribution < 1.29 is 9.90 Å². The lowest BCUT2D eigenvalue weighted by molar-refractivity contribution is 0.102. The van der Waals surface area contributed by atoms with Gasteiger partial charge in [-0.1, -0.05) is 42.5 Å². The van der Waals surface area contributed by atoms with Gasteiger partial charge in [0.1, 0.15) is 11.6 Å². The van der Waals surface area contributed by atoms with Crippen LogP contribution in [0.2, 0.25) is 0 Å². The van der Waals surface area contributed by atoms with Gasteiger partial charge in [0.05, 0.1) is 5.56 Å². The summed E-state index contributed by atoms with van der Waals surface area (Å²) in [4.78, 5) is 31.9. The minimum Gasteiger partial charge on any atom is -0.507 e. The normalized spacial score (nSPS) is 11.0. The van der Waals surface area contributed by atoms with Crippen LogP contribution in [0.1, 0.15) is 15.9 Å². The standard InChI is InChI=1S/C26H19N3O3/c1-15-6-9-19(23(30)10-15)17-8-7-16-12-24(27-14-18(16)11-17)29-26(32)21-13-25(31)28-22-5-3-2-4-20(21)22/h2-14,30H,1H3,(H,28,31)(H,27,29,32). The lowest BCUT2D eigenvalue weighted by atomic mass is 10.0. The van der Waals surface area contributed by atoms with Gasteiger partial charge in [-0.2, -0.15) is 0 Å². The highest BCUT2D eigenvalue weighted by molar-refractivity contribution is 6.12. The summed E-state index contributed by atoms with van der Waals surface area (Å²) in [6, 6.07) is 21.6. The van der Waals surface area contributed by atoms with E-state index in [1.807, 2.05) is 43.3 Å². The number of aromatic nitrogens is 2. The third-order valence-corrected chi connectivity index (χ3v) is 5.42. The first kappa shape index (κ1) is 19.5. The fourth-order valence-electron chi connectivity index (χ4n) is 3.84. The van der Waals surface area contributed by atoms with Crippen LogP contribution in [0.25, 0.3) is 32.8 Å². The number of amides is 1. The topological polar surface area (TPSA) is 95.1 Å². The Kier molecular flexibility index (Phi) is 4.67. The molecule has 0 fully saturated rings. The van der Waals surface area contributed by atoms with Crippen molar-refractivity contribution >= 4 is 33.4 Å². The number of carbonyl (C=O) groups excluding carboxylic acids is 1. The Balaban J connectivity index is 1.47. The molecule has 0 unspecified atom stereocenters. The summed E-state index contributed by atoms with van der Waals surface area (Å²) in [5.41, 5.74) is 3.16. The van der Waals surface area contributed by atoms with E-state index in [0.29, 0.717) is 16.7 Å². The van der Waals surface area contributed by atoms with E-state index in [-0.39, 0.29) is 16.9 Å². The van der Waals surface area contributed by atoms with Crippen molar-refractivity contribution in [1.82, 2.24) is 9.97 Å². The van der Waals surface area contributed by atoms with Crippen molar-refractivity contribution in [3.8, 4) is 16.9 Å². The number of pyridine rings is 2. The molecule has 5 rings (SSSR count). The van der Waals surface area contributed by atoms with Crippen LogP contribution in [0.15, 0.2) is 83.8 Å². The Morgan fingerprint density at radius 1 is 0.969 bits per heavy atom. The number of carbonyl (C=O) groups is 1. The molecular formula is C26H19N3O3. The average molecular weight is 421 g/mol. The maximum Gasteiger partial charge on any atom is 0.257 e. The fourth-order valence-corrected chi connectivity index (χ4v) is 3.84. The average Bonchev–Trinajstić information content (AvgIpc) is 2.78. The lowest BCUT2D eigenvalue weighted by Crippen LogP contribution is -2.17. The largest absolute Gasteiger partial charge is 0.507 e. The smallest absolute Gasteiger partial charge is 0.257 e. The zero-order chi connectivity index (χ0) is 22.2. The third kappa shape index (κ3) is 3.58. The van der Waals surface area contributed by atoms with E-state index in [9.17, 15) is 14.7 Å². The maximum absolute atomic E-state index is 12.9. The van der Waals surface area contributed by atoms with Crippen LogP contribution >= 0.6 is 0 Å². The number of aromatic hydroxyl groups is 1. The molecule has 0 saturated carbocycles. The van der Waals surface area contributed by atoms with Gasteiger partial charge in [-0.25, -0.2) is 4.98 Å². The number of aryl methyl sites for hydroxylation is 1. The van der Waals surface area contributed by atoms with Gasteiger partial charge in [0.25, 0.3) is 5.91 Å². The maximum atomic E-state index is 12.9. The first-order valence-electron chi connectivity index (χ1n) is 10.1. The molecule has 156 valence electrons. The van der Waals surface area contributed by atoms with E-state index in [1.54, 1.807) is 36.5 Å². The molecule has 0 atom stereocenters. The molecule has 0 radical (unpaired) electrons. The van der Waals surface area contributed by atoms with Gasteiger partial charge < -0.3 is 15.4 Å². The number of anilines is 1. The Morgan fingerprint density at radius 3 is 2.66 bits per heavy atom. The fraction of sp³-hybridized carbons (Fsp3) is 0.0385. The van der Waals surface area contributed by atoms with Gasteiger partial charge in [-0.05, 0) is 47.7 Å². The molecule has 2 heterocycles. The van der Waals surface area contributed by atoms with Crippen LogP contribution in [-0.2, 0) is 0 Å². The Bertz CT molecular complexity index is 1570. The Morgan fingerprint density at radius 2 is 1.81 bits per heavy atom. The molecule has 32 heavy (non-hydrogen) atoms. The summed E-state index contributed by atoms with van der Waals surface area (Å²) < 4.78 is 0. The molecule has 0 spiro atoms. The summed E-state index contributed by atoms with van der Waals surface area (Å²) in [7, 11) is 0. The number of hydrogen-bond acceptors (Lipinski definition) is 4. The molecule has 0 bridgehead atoms. The van der Waals surface area contributed by atoms with E-state index in [0.717, 1.165) is 27.5 Å². The highest BCUT2D eigenvalue weighted by Crippen LogP contribution is 2.32. The Hall–Kier alpha value is -4.45. The second-order valence-electron chi connectivity index (χ2n) is 7.70. The molecule has 5 aromatic rings. The zero-order valence-electron chi connectivity index (χ0n) is 17.2. The lowest BCUT2D eigenvalue weighted by Gasteiger charge is -2.10. The number of benzene rings is 3. The molecule has 0 saturated heterocycles. The number of rotatable bonds is 3. The molecule has 0 aliphatic rings. The quantitative estimate of drug-likeness (QED) is 0.382. The minimum absolute atomic E-state index is 0.228. The molecule has 1 amide bonds. The highest BCUT2D eigenvalue weighted by atomic mass is 16.3. The van der Waals surface area contributed by atoms with Crippen molar-refractivity contribution in [2.75, 3.05) is 5.32 Å². The summed E-state index contributed by atoms with van der Waals surface area (Å²) in [5, 5.41) is 15.5. The summed E-state index contributed by atoms with van der Waals surface area (Å²) in [5.74, 6) is 0.212. The van der Waals surface area contributed by atoms with Crippen molar-refractivity contribution in [3.63, 3.8) is 0 Å². The minimum atomic E-state index is -0.402. The highest BCUT2D eigenvalue weighted by Gasteiger charge is 2.13. The van der Waals surface area contributed by atoms with Gasteiger partial charge in [-0.15, -0.1) is 0 Å². The van der Waals surface area contributed by atoms with Crippen LogP contribution in [0.4, 0.5) is 5.82 Å². The van der Waals surface area contributed by atoms with Gasteiger partial charge in [-0.3, -0.25) is 9.59 Å². The molecular weight excluding hydrogens is 402 g/mol. The summed E-state index contributed by atoms with van der Waals surface area (Å²) >= 11 is 0. The van der Waals surface area contributed by atoms with Crippen LogP contribution in [0.5, 0.6) is 5.75 Å². The molecule has 2 aromatic heterocycles. The number of H-pyrrole nitrogens is 1. The van der Waals surface area contributed by atoms with Crippen molar-refractivity contribution in [2.24, 2.45) is 0 Å². The molecule has 3 aromatic carbocycles. The number of aromatic amines is 1. The van der Waals surface area contributed by atoms with E-state index in [1.165, 1.54) is 6.07 Å². The zero-order valence-corrected chi connectivity index (χ0v) is 17.2. The van der Waals surface area contributed by atoms with E-state index in [2.05, 4.69) is 15.3 Å². The van der Waals surface area contributed by atoms with Crippen molar-refractivity contribution in [1.29, 1.82) is 0 Å². The van der Waals surface area contributed by atoms with Crippen molar-refractivity contribution in [2.45, 2.75) is 6.92 Å². The Labute approximate surface area is 183 Å². The molecule has 3 N–H and O–H groups in total. The summed E-state index contributed by atoms with van der Waals surface area (Å²) in [6.07, 6.45) is 1.68. The van der Waals surface area contributed by atoms with Gasteiger partial charge in [0.2, 0.25) is 5.56 Å². The second-order valence-corrected chi connectivity index (χ2v) is 7.70. The summed E-state index contributed by atoms with van der Waals surface area (Å²) in [6.45, 7) is 1.93. The van der Waals surface area contributed by atoms with Crippen LogP contribution in [0.3, 0.4) is 0 Å². The van der Waals surface area contributed by atoms with E-state index in [4.69, 9.17) is 0 Å². The number of nitrogens with one attached hydrogen (secondary N) is 2. The van der Waals surface area contributed by atoms with Crippen molar-refractivity contribution in [3.05, 3.63) is 100 Å². The van der Waals surface area contributed by atoms with Crippen LogP contribution in [0, 0.1) is 6.92 Å². The number of para-hydroxylation sites is 1. The monoisotopic (exact) mass is 421 g/mol. The predicted molar refractivity (Wildman–Crippen MR) is 126 cm³/mol. The SMILES string of the molecule is Cc1ccc(-c2ccc3cc(NC(=O)c4cc(=O)[nH]c5ccccc45)ncc3c2)c(O)c1. The predicted octanol–water partition coefficient (Wildman–Crippen LogP) is 5.01. The van der Waals surface area contributed by atoms with Crippen LogP contribution < -0.4 is 10.9 Å². The number of phenols is 1. The number of fused-ring (bicyclic) bond motifs is 2. The third-order valence-electron chi connectivity index (χ3n) is 5.42. The number of hydrogen-bond donors (Lipinski definition) is 3. The second kappa shape index (κ2) is 7.67. The van der Waals surface area contributed by atoms with Crippen LogP contribution in [-0.4, -0.2) is 21.0 Å². The molecule has 0 aliphatic heterocycles. The first-order valence-corrected chi connectivity index (χ1v) is 10.1. The number of phenolic OH excluding ortho intramolecular Hbond substituents is 1. The van der Waals surface area contributed by atoms with E-state index >= 15 is 0 Å². The molecule has 6 nitrogen and oxygen atoms in total. The first-order chi connectivity index (χ1) is 15.5. The molecule has 0 aliphatic carbocycles. The number of nitrogens with zero attached hydrogens (tertiary/aromatic N) is 1. The van der Waals surface area contributed by atoms with E-state index < -0.39 is 5.91 Å².